The molecule has 0 fully saturated rings. The summed E-state index contributed by atoms with van der Waals surface area (Å²) in [7, 11) is -3.31. The number of thiazole rings is 1. The minimum absolute atomic E-state index is 0.318. The predicted molar refractivity (Wildman–Crippen MR) is 76.0 cm³/mol. The van der Waals surface area contributed by atoms with Gasteiger partial charge in [-0.1, -0.05) is 29.3 Å². The monoisotopic (exact) mass is 322 g/mol. The predicted octanol–water partition coefficient (Wildman–Crippen LogP) is 3.49. The van der Waals surface area contributed by atoms with E-state index in [1.807, 2.05) is 0 Å². The summed E-state index contributed by atoms with van der Waals surface area (Å²) in [4.78, 5) is 4.16. The number of hydrogen-bond donors (Lipinski definition) is 1. The SMILES string of the molecule is CS(=O)(=O)Nc1nc(-c2ccc(Cl)c(Cl)c2)cs1. The van der Waals surface area contributed by atoms with Crippen LogP contribution in [-0.2, 0) is 10.0 Å². The molecule has 8 heteroatoms. The highest BCUT2D eigenvalue weighted by atomic mass is 35.5. The fourth-order valence-corrected chi connectivity index (χ4v) is 3.14. The third kappa shape index (κ3) is 3.35. The first-order valence-corrected chi connectivity index (χ1v) is 8.26. The number of hydrogen-bond acceptors (Lipinski definition) is 4. The number of anilines is 1. The van der Waals surface area contributed by atoms with Gasteiger partial charge in [-0.2, -0.15) is 0 Å². The number of sulfonamides is 1. The Balaban J connectivity index is 2.32. The van der Waals surface area contributed by atoms with E-state index in [0.29, 0.717) is 20.9 Å². The van der Waals surface area contributed by atoms with Gasteiger partial charge in [-0.3, -0.25) is 4.72 Å². The first kappa shape index (κ1) is 13.6. The summed E-state index contributed by atoms with van der Waals surface area (Å²) in [5.41, 5.74) is 1.42. The largest absolute Gasteiger partial charge is 0.259 e. The normalized spacial score (nSPS) is 11.5. The highest BCUT2D eigenvalue weighted by Crippen LogP contribution is 2.30. The molecule has 2 rings (SSSR count). The molecule has 1 aromatic carbocycles. The van der Waals surface area contributed by atoms with Gasteiger partial charge >= 0.3 is 0 Å². The zero-order valence-electron chi connectivity index (χ0n) is 9.15. The first-order valence-electron chi connectivity index (χ1n) is 4.74. The molecule has 0 amide bonds. The summed E-state index contributed by atoms with van der Waals surface area (Å²) in [6, 6.07) is 5.12. The van der Waals surface area contributed by atoms with Gasteiger partial charge in [-0.15, -0.1) is 11.3 Å². The smallest absolute Gasteiger partial charge is 0.231 e. The van der Waals surface area contributed by atoms with E-state index in [-0.39, 0.29) is 0 Å². The van der Waals surface area contributed by atoms with E-state index in [4.69, 9.17) is 23.2 Å². The Morgan fingerprint density at radius 3 is 2.61 bits per heavy atom. The van der Waals surface area contributed by atoms with Crippen LogP contribution in [0.2, 0.25) is 10.0 Å². The number of nitrogens with one attached hydrogen (secondary N) is 1. The number of aromatic nitrogens is 1. The van der Waals surface area contributed by atoms with Gasteiger partial charge in [0.15, 0.2) is 5.13 Å². The fraction of sp³-hybridized carbons (Fsp3) is 0.100. The Morgan fingerprint density at radius 2 is 2.00 bits per heavy atom. The molecule has 1 aromatic heterocycles. The van der Waals surface area contributed by atoms with Crippen LogP contribution in [0.4, 0.5) is 5.13 Å². The van der Waals surface area contributed by atoms with Gasteiger partial charge in [0.1, 0.15) is 0 Å². The standard InChI is InChI=1S/C10H8Cl2N2O2S2/c1-18(15,16)14-10-13-9(5-17-10)6-2-3-7(11)8(12)4-6/h2-5H,1H3,(H,13,14). The summed E-state index contributed by atoms with van der Waals surface area (Å²) in [6.07, 6.45) is 1.08. The molecule has 4 nitrogen and oxygen atoms in total. The van der Waals surface area contributed by atoms with Gasteiger partial charge in [0.25, 0.3) is 0 Å². The molecule has 0 saturated carbocycles. The van der Waals surface area contributed by atoms with Crippen molar-refractivity contribution in [1.82, 2.24) is 4.98 Å². The Hall–Kier alpha value is -0.820. The molecule has 0 bridgehead atoms. The third-order valence-electron chi connectivity index (χ3n) is 1.99. The quantitative estimate of drug-likeness (QED) is 0.940. The zero-order chi connectivity index (χ0) is 13.3. The Bertz CT molecular complexity index is 683. The highest BCUT2D eigenvalue weighted by Gasteiger charge is 2.09. The molecule has 0 aliphatic heterocycles. The maximum absolute atomic E-state index is 11.1. The maximum atomic E-state index is 11.1. The van der Waals surface area contributed by atoms with Crippen LogP contribution >= 0.6 is 34.5 Å². The zero-order valence-corrected chi connectivity index (χ0v) is 12.3. The molecule has 1 N–H and O–H groups in total. The Labute approximate surface area is 119 Å². The van der Waals surface area contributed by atoms with E-state index < -0.39 is 10.0 Å². The van der Waals surface area contributed by atoms with Gasteiger partial charge < -0.3 is 0 Å². The van der Waals surface area contributed by atoms with E-state index in [0.717, 1.165) is 11.8 Å². The van der Waals surface area contributed by atoms with Crippen LogP contribution in [0, 0.1) is 0 Å². The lowest BCUT2D eigenvalue weighted by molar-refractivity contribution is 0.607. The van der Waals surface area contributed by atoms with Crippen LogP contribution in [0.15, 0.2) is 23.6 Å². The van der Waals surface area contributed by atoms with Crippen molar-refractivity contribution in [2.75, 3.05) is 11.0 Å². The van der Waals surface area contributed by atoms with Crippen molar-refractivity contribution in [3.63, 3.8) is 0 Å². The summed E-state index contributed by atoms with van der Waals surface area (Å²) in [6.45, 7) is 0. The molecule has 0 spiro atoms. The molecule has 0 aliphatic rings. The van der Waals surface area contributed by atoms with Crippen LogP contribution in [0.1, 0.15) is 0 Å². The molecule has 96 valence electrons. The minimum atomic E-state index is -3.31. The lowest BCUT2D eigenvalue weighted by Gasteiger charge is -2.00. The first-order chi connectivity index (χ1) is 8.35. The Morgan fingerprint density at radius 1 is 1.28 bits per heavy atom. The molecular weight excluding hydrogens is 315 g/mol. The van der Waals surface area contributed by atoms with Crippen LogP contribution in [0.5, 0.6) is 0 Å². The van der Waals surface area contributed by atoms with Crippen LogP contribution in [-0.4, -0.2) is 19.7 Å². The topological polar surface area (TPSA) is 59.1 Å². The van der Waals surface area contributed by atoms with Crippen LogP contribution < -0.4 is 4.72 Å². The van der Waals surface area contributed by atoms with Crippen LogP contribution in [0.3, 0.4) is 0 Å². The minimum Gasteiger partial charge on any atom is -0.259 e. The van der Waals surface area contributed by atoms with Crippen molar-refractivity contribution >= 4 is 49.7 Å². The van der Waals surface area contributed by atoms with Gasteiger partial charge in [0.2, 0.25) is 10.0 Å². The summed E-state index contributed by atoms with van der Waals surface area (Å²) >= 11 is 12.9. The van der Waals surface area contributed by atoms with Gasteiger partial charge in [-0.25, -0.2) is 13.4 Å². The molecule has 0 aliphatic carbocycles. The van der Waals surface area contributed by atoms with E-state index in [2.05, 4.69) is 9.71 Å². The summed E-state index contributed by atoms with van der Waals surface area (Å²) < 4.78 is 24.4. The van der Waals surface area contributed by atoms with E-state index in [1.54, 1.807) is 23.6 Å². The number of halogens is 2. The van der Waals surface area contributed by atoms with Crippen molar-refractivity contribution in [3.05, 3.63) is 33.6 Å². The maximum Gasteiger partial charge on any atom is 0.231 e. The van der Waals surface area contributed by atoms with Crippen molar-refractivity contribution in [2.45, 2.75) is 0 Å². The van der Waals surface area contributed by atoms with Crippen molar-refractivity contribution in [1.29, 1.82) is 0 Å². The average Bonchev–Trinajstić information content (AvgIpc) is 2.68. The second kappa shape index (κ2) is 5.05. The third-order valence-corrected chi connectivity index (χ3v) is 4.18. The molecule has 2 aromatic rings. The molecule has 18 heavy (non-hydrogen) atoms. The highest BCUT2D eigenvalue weighted by molar-refractivity contribution is 7.92. The van der Waals surface area contributed by atoms with E-state index in [1.165, 1.54) is 11.3 Å². The van der Waals surface area contributed by atoms with E-state index >= 15 is 0 Å². The lowest BCUT2D eigenvalue weighted by Crippen LogP contribution is -2.08. The number of benzene rings is 1. The molecule has 0 saturated heterocycles. The summed E-state index contributed by atoms with van der Waals surface area (Å²) in [5.74, 6) is 0. The molecule has 0 unspecified atom stereocenters. The number of rotatable bonds is 3. The van der Waals surface area contributed by atoms with Gasteiger partial charge in [0, 0.05) is 10.9 Å². The lowest BCUT2D eigenvalue weighted by atomic mass is 10.2. The van der Waals surface area contributed by atoms with Crippen molar-refractivity contribution in [2.24, 2.45) is 0 Å². The van der Waals surface area contributed by atoms with Crippen molar-refractivity contribution in [3.8, 4) is 11.3 Å². The second-order valence-corrected chi connectivity index (χ2v) is 6.96. The summed E-state index contributed by atoms with van der Waals surface area (Å²) in [5, 5.41) is 2.95. The molecule has 1 heterocycles. The van der Waals surface area contributed by atoms with E-state index in [9.17, 15) is 8.42 Å². The van der Waals surface area contributed by atoms with Crippen LogP contribution in [0.25, 0.3) is 11.3 Å². The van der Waals surface area contributed by atoms with Gasteiger partial charge in [0.05, 0.1) is 22.0 Å². The molecule has 0 radical (unpaired) electrons. The van der Waals surface area contributed by atoms with Crippen molar-refractivity contribution < 1.29 is 8.42 Å². The van der Waals surface area contributed by atoms with Gasteiger partial charge in [-0.05, 0) is 12.1 Å². The Kier molecular flexibility index (Phi) is 3.82. The fourth-order valence-electron chi connectivity index (χ4n) is 1.27. The second-order valence-electron chi connectivity index (χ2n) is 3.54. The molecule has 0 atom stereocenters. The molecular formula is C10H8Cl2N2O2S2. The number of nitrogens with zero attached hydrogens (tertiary/aromatic N) is 1. The average molecular weight is 323 g/mol.